The van der Waals surface area contributed by atoms with E-state index < -0.39 is 0 Å². The van der Waals surface area contributed by atoms with Gasteiger partial charge in [-0.15, -0.1) is 0 Å². The number of rotatable bonds is 6. The molecule has 0 saturated carbocycles. The van der Waals surface area contributed by atoms with Crippen molar-refractivity contribution in [2.75, 3.05) is 19.8 Å². The van der Waals surface area contributed by atoms with Crippen molar-refractivity contribution < 1.29 is 15.3 Å². The van der Waals surface area contributed by atoms with E-state index in [1.54, 1.807) is 0 Å². The van der Waals surface area contributed by atoms with Gasteiger partial charge in [0.25, 0.3) is 0 Å². The van der Waals surface area contributed by atoms with Crippen molar-refractivity contribution >= 4 is 0 Å². The summed E-state index contributed by atoms with van der Waals surface area (Å²) >= 11 is 0. The number of aliphatic hydroxyl groups is 3. The monoisotopic (exact) mass is 216 g/mol. The largest absolute Gasteiger partial charge is 0.396 e. The lowest BCUT2D eigenvalue weighted by molar-refractivity contribution is 0.268. The van der Waals surface area contributed by atoms with Crippen LogP contribution in [0.2, 0.25) is 0 Å². The van der Waals surface area contributed by atoms with Gasteiger partial charge in [0.15, 0.2) is 0 Å². The van der Waals surface area contributed by atoms with Gasteiger partial charge < -0.3 is 15.3 Å². The summed E-state index contributed by atoms with van der Waals surface area (Å²) in [6, 6.07) is 0. The van der Waals surface area contributed by atoms with Gasteiger partial charge in [-0.25, -0.2) is 0 Å². The van der Waals surface area contributed by atoms with E-state index in [2.05, 4.69) is 20.8 Å². The van der Waals surface area contributed by atoms with Crippen LogP contribution in [0.4, 0.5) is 0 Å². The molecule has 0 aromatic heterocycles. The van der Waals surface area contributed by atoms with Crippen molar-refractivity contribution in [3.8, 4) is 0 Å². The minimum absolute atomic E-state index is 0.0115. The van der Waals surface area contributed by atoms with Crippen molar-refractivity contribution in [1.29, 1.82) is 0 Å². The van der Waals surface area contributed by atoms with Crippen LogP contribution in [0.15, 0.2) is 11.1 Å². The van der Waals surface area contributed by atoms with Crippen LogP contribution in [0, 0.1) is 5.41 Å². The molecule has 0 saturated heterocycles. The Hall–Kier alpha value is -0.380. The zero-order valence-corrected chi connectivity index (χ0v) is 10.1. The number of hydrogen-bond acceptors (Lipinski definition) is 3. The summed E-state index contributed by atoms with van der Waals surface area (Å²) in [5, 5.41) is 27.0. The first-order valence-corrected chi connectivity index (χ1v) is 5.51. The zero-order chi connectivity index (χ0) is 11.9. The Kier molecular flexibility index (Phi) is 6.81. The van der Waals surface area contributed by atoms with Crippen LogP contribution < -0.4 is 0 Å². The van der Waals surface area contributed by atoms with Crippen molar-refractivity contribution in [2.45, 2.75) is 40.0 Å². The molecule has 3 nitrogen and oxygen atoms in total. The molecule has 0 unspecified atom stereocenters. The van der Waals surface area contributed by atoms with Gasteiger partial charge in [-0.2, -0.15) is 0 Å². The highest BCUT2D eigenvalue weighted by Crippen LogP contribution is 2.32. The molecule has 0 aliphatic heterocycles. The molecule has 0 atom stereocenters. The van der Waals surface area contributed by atoms with Gasteiger partial charge in [0, 0.05) is 19.8 Å². The molecule has 0 rings (SSSR count). The highest BCUT2D eigenvalue weighted by molar-refractivity contribution is 5.20. The lowest BCUT2D eigenvalue weighted by Gasteiger charge is -2.26. The molecule has 0 aliphatic rings. The molecular weight excluding hydrogens is 192 g/mol. The van der Waals surface area contributed by atoms with Crippen LogP contribution in [-0.2, 0) is 0 Å². The number of hydrogen-bond donors (Lipinski definition) is 3. The summed E-state index contributed by atoms with van der Waals surface area (Å²) < 4.78 is 0. The van der Waals surface area contributed by atoms with E-state index in [0.29, 0.717) is 19.3 Å². The smallest absolute Gasteiger partial charge is 0.0468 e. The van der Waals surface area contributed by atoms with E-state index in [-0.39, 0.29) is 25.2 Å². The lowest BCUT2D eigenvalue weighted by Crippen LogP contribution is -2.15. The van der Waals surface area contributed by atoms with Crippen molar-refractivity contribution in [3.63, 3.8) is 0 Å². The molecule has 0 heterocycles. The summed E-state index contributed by atoms with van der Waals surface area (Å²) in [6.07, 6.45) is 1.80. The Morgan fingerprint density at radius 1 is 0.800 bits per heavy atom. The second kappa shape index (κ2) is 6.99. The minimum atomic E-state index is -0.0115. The zero-order valence-electron chi connectivity index (χ0n) is 10.1. The molecule has 0 fully saturated rings. The molecule has 0 amide bonds. The first kappa shape index (κ1) is 14.6. The van der Waals surface area contributed by atoms with Gasteiger partial charge in [0.1, 0.15) is 0 Å². The van der Waals surface area contributed by atoms with Crippen LogP contribution >= 0.6 is 0 Å². The van der Waals surface area contributed by atoms with Crippen LogP contribution in [0.25, 0.3) is 0 Å². The topological polar surface area (TPSA) is 60.7 Å². The van der Waals surface area contributed by atoms with Crippen LogP contribution in [0.3, 0.4) is 0 Å². The van der Waals surface area contributed by atoms with Gasteiger partial charge in [-0.3, -0.25) is 0 Å². The Morgan fingerprint density at radius 2 is 1.20 bits per heavy atom. The molecule has 0 aromatic carbocycles. The fraction of sp³-hybridized carbons (Fsp3) is 0.833. The maximum atomic E-state index is 9.03. The predicted octanol–water partition coefficient (Wildman–Crippen LogP) is 1.48. The summed E-state index contributed by atoms with van der Waals surface area (Å²) in [4.78, 5) is 0. The second-order valence-electron chi connectivity index (χ2n) is 4.75. The Balaban J connectivity index is 4.95. The van der Waals surface area contributed by atoms with Crippen LogP contribution in [-0.4, -0.2) is 35.1 Å². The first-order chi connectivity index (χ1) is 6.97. The van der Waals surface area contributed by atoms with Gasteiger partial charge in [-0.1, -0.05) is 31.9 Å². The Labute approximate surface area is 92.4 Å². The molecule has 0 aliphatic carbocycles. The van der Waals surface area contributed by atoms with Gasteiger partial charge >= 0.3 is 0 Å². The standard InChI is InChI=1S/C12H24O3/c1-12(2,3)11(6-9-15)10(4-7-13)5-8-14/h13-15H,4-9H2,1-3H3. The number of aliphatic hydroxyl groups excluding tert-OH is 3. The van der Waals surface area contributed by atoms with Gasteiger partial charge in [-0.05, 0) is 24.7 Å². The fourth-order valence-corrected chi connectivity index (χ4v) is 1.89. The maximum absolute atomic E-state index is 9.03. The minimum Gasteiger partial charge on any atom is -0.396 e. The third kappa shape index (κ3) is 5.30. The molecule has 0 bridgehead atoms. The third-order valence-electron chi connectivity index (χ3n) is 2.52. The predicted molar refractivity (Wildman–Crippen MR) is 61.6 cm³/mol. The molecule has 15 heavy (non-hydrogen) atoms. The van der Waals surface area contributed by atoms with E-state index in [4.69, 9.17) is 15.3 Å². The van der Waals surface area contributed by atoms with Crippen LogP contribution in [0.1, 0.15) is 40.0 Å². The molecule has 90 valence electrons. The molecule has 0 radical (unpaired) electrons. The van der Waals surface area contributed by atoms with Gasteiger partial charge in [0.2, 0.25) is 0 Å². The SMILES string of the molecule is CC(C)(C)C(CCO)=C(CCO)CCO. The maximum Gasteiger partial charge on any atom is 0.0468 e. The Morgan fingerprint density at radius 3 is 1.47 bits per heavy atom. The second-order valence-corrected chi connectivity index (χ2v) is 4.75. The Bertz CT molecular complexity index is 193. The molecule has 0 spiro atoms. The first-order valence-electron chi connectivity index (χ1n) is 5.51. The quantitative estimate of drug-likeness (QED) is 0.589. The van der Waals surface area contributed by atoms with E-state index in [1.165, 1.54) is 0 Å². The van der Waals surface area contributed by atoms with E-state index in [1.807, 2.05) is 0 Å². The molecule has 3 N–H and O–H groups in total. The summed E-state index contributed by atoms with van der Waals surface area (Å²) in [6.45, 7) is 6.58. The third-order valence-corrected chi connectivity index (χ3v) is 2.52. The highest BCUT2D eigenvalue weighted by Gasteiger charge is 2.20. The highest BCUT2D eigenvalue weighted by atomic mass is 16.3. The summed E-state index contributed by atoms with van der Waals surface area (Å²) in [5.41, 5.74) is 2.23. The van der Waals surface area contributed by atoms with E-state index in [0.717, 1.165) is 11.1 Å². The fourth-order valence-electron chi connectivity index (χ4n) is 1.89. The average Bonchev–Trinajstić information content (AvgIpc) is 2.12. The average molecular weight is 216 g/mol. The van der Waals surface area contributed by atoms with E-state index in [9.17, 15) is 0 Å². The van der Waals surface area contributed by atoms with Crippen molar-refractivity contribution in [3.05, 3.63) is 11.1 Å². The summed E-state index contributed by atoms with van der Waals surface area (Å²) in [5.74, 6) is 0. The molecular formula is C12H24O3. The van der Waals surface area contributed by atoms with Gasteiger partial charge in [0.05, 0.1) is 0 Å². The van der Waals surface area contributed by atoms with Crippen molar-refractivity contribution in [2.24, 2.45) is 5.41 Å². The van der Waals surface area contributed by atoms with Crippen LogP contribution in [0.5, 0.6) is 0 Å². The molecule has 3 heteroatoms. The van der Waals surface area contributed by atoms with E-state index >= 15 is 0 Å². The summed E-state index contributed by atoms with van der Waals surface area (Å²) in [7, 11) is 0. The normalized spacial score (nSPS) is 11.6. The molecule has 0 aromatic rings. The lowest BCUT2D eigenvalue weighted by atomic mass is 9.80. The van der Waals surface area contributed by atoms with Crippen molar-refractivity contribution in [1.82, 2.24) is 0 Å².